The maximum Gasteiger partial charge on any atom is 0.220 e. The molecule has 1 heterocycles. The van der Waals surface area contributed by atoms with Gasteiger partial charge >= 0.3 is 0 Å². The van der Waals surface area contributed by atoms with Crippen LogP contribution in [0.25, 0.3) is 0 Å². The molecule has 1 rings (SSSR count). The summed E-state index contributed by atoms with van der Waals surface area (Å²) < 4.78 is 11.3. The van der Waals surface area contributed by atoms with Crippen molar-refractivity contribution in [2.24, 2.45) is 0 Å². The second-order valence-corrected chi connectivity index (χ2v) is 22.9. The van der Waals surface area contributed by atoms with Crippen LogP contribution in [0.1, 0.15) is 303 Å². The van der Waals surface area contributed by atoms with Gasteiger partial charge in [-0.05, 0) is 64.2 Å². The summed E-state index contributed by atoms with van der Waals surface area (Å²) in [5, 5.41) is 54.7. The van der Waals surface area contributed by atoms with E-state index in [9.17, 15) is 30.3 Å². The van der Waals surface area contributed by atoms with Crippen LogP contribution in [0, 0.1) is 0 Å². The van der Waals surface area contributed by atoms with Crippen LogP contribution < -0.4 is 5.32 Å². The first kappa shape index (κ1) is 73.6. The van der Waals surface area contributed by atoms with E-state index in [-0.39, 0.29) is 12.5 Å². The Labute approximate surface area is 480 Å². The molecule has 0 aliphatic carbocycles. The zero-order chi connectivity index (χ0) is 56.5. The quantitative estimate of drug-likeness (QED) is 0.0261. The lowest BCUT2D eigenvalue weighted by molar-refractivity contribution is -0.302. The van der Waals surface area contributed by atoms with E-state index in [1.165, 1.54) is 199 Å². The molecule has 0 radical (unpaired) electrons. The first-order chi connectivity index (χ1) is 38.3. The van der Waals surface area contributed by atoms with E-state index >= 15 is 0 Å². The van der Waals surface area contributed by atoms with Gasteiger partial charge in [0.2, 0.25) is 5.91 Å². The predicted octanol–water partition coefficient (Wildman–Crippen LogP) is 17.6. The molecule has 0 aromatic rings. The number of rotatable bonds is 57. The van der Waals surface area contributed by atoms with Gasteiger partial charge in [-0.1, -0.05) is 305 Å². The van der Waals surface area contributed by atoms with Crippen LogP contribution in [0.3, 0.4) is 0 Å². The zero-order valence-electron chi connectivity index (χ0n) is 50.7. The van der Waals surface area contributed by atoms with Gasteiger partial charge in [-0.25, -0.2) is 0 Å². The van der Waals surface area contributed by atoms with Crippen molar-refractivity contribution in [1.82, 2.24) is 5.32 Å². The summed E-state index contributed by atoms with van der Waals surface area (Å²) in [6.07, 6.45) is 74.0. The molecule has 0 aromatic carbocycles. The summed E-state index contributed by atoms with van der Waals surface area (Å²) in [6, 6.07) is -0.718. The first-order valence-electron chi connectivity index (χ1n) is 33.1. The third-order valence-corrected chi connectivity index (χ3v) is 15.6. The number of unbranched alkanes of at least 4 members (excludes halogenated alkanes) is 35. The van der Waals surface area contributed by atoms with E-state index in [1.54, 1.807) is 0 Å². The van der Waals surface area contributed by atoms with Crippen LogP contribution >= 0.6 is 0 Å². The van der Waals surface area contributed by atoms with Crippen molar-refractivity contribution >= 4 is 5.91 Å². The van der Waals surface area contributed by atoms with Gasteiger partial charge in [0, 0.05) is 6.42 Å². The van der Waals surface area contributed by atoms with Crippen molar-refractivity contribution in [3.63, 3.8) is 0 Å². The largest absolute Gasteiger partial charge is 0.394 e. The Morgan fingerprint density at radius 1 is 0.449 bits per heavy atom. The lowest BCUT2D eigenvalue weighted by atomic mass is 9.99. The van der Waals surface area contributed by atoms with Gasteiger partial charge in [0.15, 0.2) is 6.29 Å². The second-order valence-electron chi connectivity index (χ2n) is 22.9. The number of hydrogen-bond acceptors (Lipinski definition) is 8. The molecule has 6 N–H and O–H groups in total. The molecule has 454 valence electrons. The summed E-state index contributed by atoms with van der Waals surface area (Å²) in [6.45, 7) is 3.74. The Morgan fingerprint density at radius 3 is 1.18 bits per heavy atom. The number of allylic oxidation sites excluding steroid dienone is 12. The fraction of sp³-hybridized carbons (Fsp3) is 0.812. The molecule has 7 atom stereocenters. The molecule has 7 unspecified atom stereocenters. The molecule has 0 spiro atoms. The molecule has 1 aliphatic rings. The SMILES string of the molecule is CC/C=C\C/C=C\C/C=C\C/C=C\C/C=C\C/C=C\CCCCCCCCCCCCCCCCCCCCCCCCC(=O)NC(COC1OC(CO)C(O)C(O)C1O)C(O)CCCCCCCCCCCCCCCC. The standard InChI is InChI=1S/C69H125NO8/c1-3-5-7-9-11-13-15-17-19-20-21-22-23-24-25-26-27-28-29-30-31-32-33-34-35-36-37-38-39-40-41-42-43-44-45-47-49-51-53-55-57-59-65(73)70-62(61-77-69-68(76)67(75)66(74)64(60-71)78-69)63(72)58-56-54-52-50-48-46-18-16-14-12-10-8-6-4-2/h5,7,11,13,17,19,21-22,24-25,27-28,62-64,66-69,71-72,74-76H,3-4,6,8-10,12,14-16,18,20,23,26,29-61H2,1-2H3,(H,70,73)/b7-5-,13-11-,19-17-,22-21-,25-24-,28-27-. The van der Waals surface area contributed by atoms with Crippen molar-refractivity contribution < 1.29 is 39.8 Å². The van der Waals surface area contributed by atoms with Crippen LogP contribution in [-0.4, -0.2) is 87.5 Å². The Morgan fingerprint density at radius 2 is 0.795 bits per heavy atom. The number of hydrogen-bond donors (Lipinski definition) is 6. The van der Waals surface area contributed by atoms with Crippen LogP contribution in [0.4, 0.5) is 0 Å². The summed E-state index contributed by atoms with van der Waals surface area (Å²) >= 11 is 0. The molecule has 0 bridgehead atoms. The van der Waals surface area contributed by atoms with Crippen LogP contribution in [-0.2, 0) is 14.3 Å². The van der Waals surface area contributed by atoms with Gasteiger partial charge in [0.25, 0.3) is 0 Å². The van der Waals surface area contributed by atoms with Crippen molar-refractivity contribution in [2.45, 2.75) is 346 Å². The minimum absolute atomic E-state index is 0.136. The van der Waals surface area contributed by atoms with Gasteiger partial charge in [-0.2, -0.15) is 0 Å². The van der Waals surface area contributed by atoms with E-state index in [0.717, 1.165) is 77.0 Å². The molecule has 1 fully saturated rings. The first-order valence-corrected chi connectivity index (χ1v) is 33.1. The third-order valence-electron chi connectivity index (χ3n) is 15.6. The molecular formula is C69H125NO8. The minimum atomic E-state index is -1.55. The summed E-state index contributed by atoms with van der Waals surface area (Å²) in [7, 11) is 0. The lowest BCUT2D eigenvalue weighted by Crippen LogP contribution is -2.60. The number of amides is 1. The lowest BCUT2D eigenvalue weighted by Gasteiger charge is -2.40. The number of aliphatic hydroxyl groups excluding tert-OH is 5. The van der Waals surface area contributed by atoms with E-state index in [4.69, 9.17) is 9.47 Å². The molecule has 9 heteroatoms. The van der Waals surface area contributed by atoms with Crippen molar-refractivity contribution in [1.29, 1.82) is 0 Å². The molecule has 78 heavy (non-hydrogen) atoms. The maximum atomic E-state index is 13.1. The molecule has 0 saturated carbocycles. The van der Waals surface area contributed by atoms with Crippen LogP contribution in [0.2, 0.25) is 0 Å². The fourth-order valence-corrected chi connectivity index (χ4v) is 10.4. The van der Waals surface area contributed by atoms with Gasteiger partial charge in [-0.3, -0.25) is 4.79 Å². The van der Waals surface area contributed by atoms with E-state index in [0.29, 0.717) is 12.8 Å². The predicted molar refractivity (Wildman–Crippen MR) is 332 cm³/mol. The highest BCUT2D eigenvalue weighted by molar-refractivity contribution is 5.76. The third kappa shape index (κ3) is 46.3. The summed E-state index contributed by atoms with van der Waals surface area (Å²) in [4.78, 5) is 13.1. The fourth-order valence-electron chi connectivity index (χ4n) is 10.4. The van der Waals surface area contributed by atoms with Crippen molar-refractivity contribution in [3.8, 4) is 0 Å². The molecule has 0 aromatic heterocycles. The molecule has 1 amide bonds. The van der Waals surface area contributed by atoms with Crippen LogP contribution in [0.15, 0.2) is 72.9 Å². The Bertz CT molecular complexity index is 1460. The highest BCUT2D eigenvalue weighted by Gasteiger charge is 2.44. The normalized spacial score (nSPS) is 19.1. The van der Waals surface area contributed by atoms with Crippen molar-refractivity contribution in [2.75, 3.05) is 13.2 Å². The smallest absolute Gasteiger partial charge is 0.220 e. The Balaban J connectivity index is 2.03. The van der Waals surface area contributed by atoms with E-state index in [1.807, 2.05) is 0 Å². The zero-order valence-corrected chi connectivity index (χ0v) is 50.7. The van der Waals surface area contributed by atoms with E-state index in [2.05, 4.69) is 92.1 Å². The average molecular weight is 1100 g/mol. The number of carbonyl (C=O) groups is 1. The number of nitrogens with one attached hydrogen (secondary N) is 1. The molecule has 9 nitrogen and oxygen atoms in total. The van der Waals surface area contributed by atoms with Gasteiger partial charge in [0.1, 0.15) is 24.4 Å². The number of carbonyl (C=O) groups excluding carboxylic acids is 1. The van der Waals surface area contributed by atoms with Gasteiger partial charge < -0.3 is 40.3 Å². The molecular weight excluding hydrogens is 971 g/mol. The maximum absolute atomic E-state index is 13.1. The topological polar surface area (TPSA) is 149 Å². The number of ether oxygens (including phenoxy) is 2. The van der Waals surface area contributed by atoms with Crippen molar-refractivity contribution in [3.05, 3.63) is 72.9 Å². The monoisotopic (exact) mass is 1100 g/mol. The highest BCUT2D eigenvalue weighted by Crippen LogP contribution is 2.23. The Hall–Kier alpha value is -2.37. The summed E-state index contributed by atoms with van der Waals surface area (Å²) in [5.41, 5.74) is 0. The Kier molecular flexibility index (Phi) is 54.6. The highest BCUT2D eigenvalue weighted by atomic mass is 16.7. The minimum Gasteiger partial charge on any atom is -0.394 e. The molecule has 1 aliphatic heterocycles. The van der Waals surface area contributed by atoms with E-state index < -0.39 is 49.5 Å². The molecule has 1 saturated heterocycles. The van der Waals surface area contributed by atoms with Crippen LogP contribution in [0.5, 0.6) is 0 Å². The summed E-state index contributed by atoms with van der Waals surface area (Å²) in [5.74, 6) is -0.141. The van der Waals surface area contributed by atoms with Gasteiger partial charge in [-0.15, -0.1) is 0 Å². The second kappa shape index (κ2) is 57.8. The number of aliphatic hydroxyl groups is 5. The average Bonchev–Trinajstić information content (AvgIpc) is 3.46. The van der Waals surface area contributed by atoms with Gasteiger partial charge in [0.05, 0.1) is 25.4 Å².